The Labute approximate surface area is 129 Å². The molecule has 0 saturated carbocycles. The maximum Gasteiger partial charge on any atom is 0.193 e. The van der Waals surface area contributed by atoms with Gasteiger partial charge in [0.05, 0.1) is 6.54 Å². The molecule has 0 aliphatic carbocycles. The number of nitrogens with zero attached hydrogens (tertiary/aromatic N) is 2. The van der Waals surface area contributed by atoms with Crippen LogP contribution in [0.3, 0.4) is 0 Å². The van der Waals surface area contributed by atoms with Crippen LogP contribution in [0.5, 0.6) is 0 Å². The molecule has 0 amide bonds. The number of aliphatic imine (C=N–C) groups is 1. The number of halogens is 1. The van der Waals surface area contributed by atoms with Crippen LogP contribution in [0.4, 0.5) is 0 Å². The highest BCUT2D eigenvalue weighted by molar-refractivity contribution is 9.10. The van der Waals surface area contributed by atoms with Crippen molar-refractivity contribution in [3.63, 3.8) is 0 Å². The van der Waals surface area contributed by atoms with Crippen LogP contribution in [0.2, 0.25) is 0 Å². The van der Waals surface area contributed by atoms with E-state index in [0.717, 1.165) is 35.8 Å². The first-order valence-corrected chi connectivity index (χ1v) is 8.59. The molecule has 0 radical (unpaired) electrons. The van der Waals surface area contributed by atoms with Crippen molar-refractivity contribution in [2.45, 2.75) is 13.5 Å². The molecule has 3 nitrogen and oxygen atoms in total. The van der Waals surface area contributed by atoms with E-state index in [-0.39, 0.29) is 0 Å². The topological polar surface area (TPSA) is 27.6 Å². The molecule has 1 aromatic rings. The first kappa shape index (κ1) is 16.4. The first-order chi connectivity index (χ1) is 9.19. The van der Waals surface area contributed by atoms with Gasteiger partial charge in [-0.2, -0.15) is 11.8 Å². The highest BCUT2D eigenvalue weighted by atomic mass is 79.9. The molecule has 0 saturated heterocycles. The van der Waals surface area contributed by atoms with Crippen molar-refractivity contribution in [3.05, 3.63) is 34.3 Å². The molecule has 0 fully saturated rings. The lowest BCUT2D eigenvalue weighted by Gasteiger charge is -2.22. The Morgan fingerprint density at radius 2 is 2.16 bits per heavy atom. The molecule has 0 unspecified atom stereocenters. The average molecular weight is 344 g/mol. The molecule has 0 bridgehead atoms. The van der Waals surface area contributed by atoms with E-state index in [1.165, 1.54) is 5.56 Å². The summed E-state index contributed by atoms with van der Waals surface area (Å²) >= 11 is 5.41. The van der Waals surface area contributed by atoms with E-state index in [2.05, 4.69) is 69.6 Å². The van der Waals surface area contributed by atoms with Crippen LogP contribution in [-0.4, -0.2) is 43.0 Å². The summed E-state index contributed by atoms with van der Waals surface area (Å²) in [4.78, 5) is 6.78. The van der Waals surface area contributed by atoms with Gasteiger partial charge < -0.3 is 10.2 Å². The van der Waals surface area contributed by atoms with E-state index in [0.29, 0.717) is 0 Å². The summed E-state index contributed by atoms with van der Waals surface area (Å²) in [5.41, 5.74) is 1.26. The molecule has 106 valence electrons. The van der Waals surface area contributed by atoms with Gasteiger partial charge in [-0.3, -0.25) is 4.99 Å². The van der Waals surface area contributed by atoms with Crippen molar-refractivity contribution >= 4 is 33.7 Å². The standard InChI is InChI=1S/C14H22BrN3S/c1-4-16-14(17-9-10-19-3)18(2)11-12-7-5-6-8-13(12)15/h5-8H,4,9-11H2,1-3H3,(H,16,17). The molecular weight excluding hydrogens is 322 g/mol. The monoisotopic (exact) mass is 343 g/mol. The van der Waals surface area contributed by atoms with Crippen LogP contribution in [0, 0.1) is 0 Å². The second-order valence-electron chi connectivity index (χ2n) is 4.18. The minimum Gasteiger partial charge on any atom is -0.357 e. The predicted molar refractivity (Wildman–Crippen MR) is 90.0 cm³/mol. The smallest absolute Gasteiger partial charge is 0.193 e. The Morgan fingerprint density at radius 3 is 2.79 bits per heavy atom. The number of hydrogen-bond acceptors (Lipinski definition) is 2. The second-order valence-corrected chi connectivity index (χ2v) is 6.02. The minimum absolute atomic E-state index is 0.840. The lowest BCUT2D eigenvalue weighted by molar-refractivity contribution is 0.476. The van der Waals surface area contributed by atoms with Crippen molar-refractivity contribution in [2.75, 3.05) is 32.1 Å². The van der Waals surface area contributed by atoms with Crippen LogP contribution in [0.15, 0.2) is 33.7 Å². The highest BCUT2D eigenvalue weighted by Crippen LogP contribution is 2.17. The fourth-order valence-electron chi connectivity index (χ4n) is 1.67. The zero-order valence-electron chi connectivity index (χ0n) is 11.8. The van der Waals surface area contributed by atoms with Gasteiger partial charge in [0.1, 0.15) is 0 Å². The van der Waals surface area contributed by atoms with E-state index >= 15 is 0 Å². The van der Waals surface area contributed by atoms with Gasteiger partial charge in [0.25, 0.3) is 0 Å². The molecule has 5 heteroatoms. The first-order valence-electron chi connectivity index (χ1n) is 6.40. The quantitative estimate of drug-likeness (QED) is 0.488. The van der Waals surface area contributed by atoms with Gasteiger partial charge in [-0.15, -0.1) is 0 Å². The van der Waals surface area contributed by atoms with Crippen LogP contribution in [0.25, 0.3) is 0 Å². The molecule has 1 aromatic carbocycles. The van der Waals surface area contributed by atoms with Crippen molar-refractivity contribution < 1.29 is 0 Å². The molecule has 0 aliphatic rings. The Morgan fingerprint density at radius 1 is 1.42 bits per heavy atom. The molecule has 19 heavy (non-hydrogen) atoms. The van der Waals surface area contributed by atoms with E-state index in [9.17, 15) is 0 Å². The van der Waals surface area contributed by atoms with Crippen molar-refractivity contribution in [2.24, 2.45) is 4.99 Å². The van der Waals surface area contributed by atoms with Crippen LogP contribution < -0.4 is 5.32 Å². The summed E-state index contributed by atoms with van der Waals surface area (Å²) in [6.45, 7) is 4.67. The third-order valence-electron chi connectivity index (χ3n) is 2.62. The maximum atomic E-state index is 4.62. The van der Waals surface area contributed by atoms with Gasteiger partial charge in [-0.25, -0.2) is 0 Å². The fraction of sp³-hybridized carbons (Fsp3) is 0.500. The maximum absolute atomic E-state index is 4.62. The Hall–Kier alpha value is -0.680. The Balaban J connectivity index is 2.68. The molecular formula is C14H22BrN3S. The van der Waals surface area contributed by atoms with Crippen molar-refractivity contribution in [3.8, 4) is 0 Å². The zero-order chi connectivity index (χ0) is 14.1. The minimum atomic E-state index is 0.840. The van der Waals surface area contributed by atoms with E-state index in [4.69, 9.17) is 0 Å². The zero-order valence-corrected chi connectivity index (χ0v) is 14.2. The predicted octanol–water partition coefficient (Wildman–Crippen LogP) is 3.21. The summed E-state index contributed by atoms with van der Waals surface area (Å²) in [6.07, 6.45) is 2.10. The summed E-state index contributed by atoms with van der Waals surface area (Å²) in [7, 11) is 2.07. The molecule has 0 atom stereocenters. The van der Waals surface area contributed by atoms with Crippen LogP contribution in [-0.2, 0) is 6.54 Å². The van der Waals surface area contributed by atoms with E-state index in [1.807, 2.05) is 17.8 Å². The summed E-state index contributed by atoms with van der Waals surface area (Å²) in [5, 5.41) is 3.33. The molecule has 0 aliphatic heterocycles. The Kier molecular flexibility index (Phi) is 7.98. The fourth-order valence-corrected chi connectivity index (χ4v) is 2.35. The molecule has 0 spiro atoms. The number of nitrogens with one attached hydrogen (secondary N) is 1. The number of rotatable bonds is 6. The van der Waals surface area contributed by atoms with Gasteiger partial charge in [0.15, 0.2) is 5.96 Å². The normalized spacial score (nSPS) is 11.5. The lowest BCUT2D eigenvalue weighted by atomic mass is 10.2. The average Bonchev–Trinajstić information content (AvgIpc) is 2.40. The Bertz CT molecular complexity index is 409. The van der Waals surface area contributed by atoms with Gasteiger partial charge in [-0.05, 0) is 24.8 Å². The third-order valence-corrected chi connectivity index (χ3v) is 3.98. The number of thioether (sulfide) groups is 1. The van der Waals surface area contributed by atoms with Crippen LogP contribution in [0.1, 0.15) is 12.5 Å². The van der Waals surface area contributed by atoms with E-state index < -0.39 is 0 Å². The largest absolute Gasteiger partial charge is 0.357 e. The van der Waals surface area contributed by atoms with Gasteiger partial charge in [0, 0.05) is 30.4 Å². The van der Waals surface area contributed by atoms with Crippen molar-refractivity contribution in [1.82, 2.24) is 10.2 Å². The second kappa shape index (κ2) is 9.26. The SMILES string of the molecule is CCNC(=NCCSC)N(C)Cc1ccccc1Br. The van der Waals surface area contributed by atoms with E-state index in [1.54, 1.807) is 0 Å². The lowest BCUT2D eigenvalue weighted by Crippen LogP contribution is -2.38. The highest BCUT2D eigenvalue weighted by Gasteiger charge is 2.07. The summed E-state index contributed by atoms with van der Waals surface area (Å²) < 4.78 is 1.14. The number of hydrogen-bond donors (Lipinski definition) is 1. The van der Waals surface area contributed by atoms with Crippen molar-refractivity contribution in [1.29, 1.82) is 0 Å². The van der Waals surface area contributed by atoms with Gasteiger partial charge in [0.2, 0.25) is 0 Å². The molecule has 0 heterocycles. The number of benzene rings is 1. The molecule has 1 N–H and O–H groups in total. The van der Waals surface area contributed by atoms with Gasteiger partial charge >= 0.3 is 0 Å². The van der Waals surface area contributed by atoms with Crippen LogP contribution >= 0.6 is 27.7 Å². The molecule has 0 aromatic heterocycles. The summed E-state index contributed by atoms with van der Waals surface area (Å²) in [6, 6.07) is 8.30. The van der Waals surface area contributed by atoms with Gasteiger partial charge in [-0.1, -0.05) is 34.1 Å². The third kappa shape index (κ3) is 5.87. The summed E-state index contributed by atoms with van der Waals surface area (Å²) in [5.74, 6) is 2.02. The number of guanidine groups is 1. The molecule has 1 rings (SSSR count).